The van der Waals surface area contributed by atoms with Gasteiger partial charge in [0.1, 0.15) is 24.3 Å². The maximum Gasteiger partial charge on any atom is 0.408 e. The highest BCUT2D eigenvalue weighted by Crippen LogP contribution is 2.29. The molecule has 2 rings (SSSR count). The second-order valence-corrected chi connectivity index (χ2v) is 11.0. The van der Waals surface area contributed by atoms with Crippen LogP contribution in [0.1, 0.15) is 79.2 Å². The first-order valence-electron chi connectivity index (χ1n) is 11.9. The molecule has 0 bridgehead atoms. The van der Waals surface area contributed by atoms with E-state index in [4.69, 9.17) is 9.47 Å². The molecular weight excluding hydrogens is 420 g/mol. The van der Waals surface area contributed by atoms with Crippen LogP contribution in [0.2, 0.25) is 0 Å². The Kier molecular flexibility index (Phi) is 9.32. The molecule has 0 aromatic heterocycles. The number of hydrogen-bond donors (Lipinski definition) is 2. The lowest BCUT2D eigenvalue weighted by Gasteiger charge is -2.32. The molecule has 1 aliphatic rings. The Hall–Kier alpha value is -2.57. The zero-order chi connectivity index (χ0) is 24.6. The molecule has 2 N–H and O–H groups in total. The van der Waals surface area contributed by atoms with E-state index >= 15 is 0 Å². The summed E-state index contributed by atoms with van der Waals surface area (Å²) in [5.74, 6) is -0.511. The number of hydrogen-bond acceptors (Lipinski definition) is 5. The molecule has 2 atom stereocenters. The van der Waals surface area contributed by atoms with Crippen LogP contribution < -0.4 is 10.6 Å². The van der Waals surface area contributed by atoms with E-state index in [1.165, 1.54) is 0 Å². The average Bonchev–Trinajstić information content (AvgIpc) is 3.21. The van der Waals surface area contributed by atoms with E-state index in [0.29, 0.717) is 12.3 Å². The summed E-state index contributed by atoms with van der Waals surface area (Å²) in [6.45, 7) is 11.0. The number of nitrogens with one attached hydrogen (secondary N) is 2. The van der Waals surface area contributed by atoms with Crippen LogP contribution in [0.15, 0.2) is 30.3 Å². The number of rotatable bonds is 8. The first-order chi connectivity index (χ1) is 15.3. The van der Waals surface area contributed by atoms with Gasteiger partial charge < -0.3 is 20.1 Å². The Labute approximate surface area is 198 Å². The Morgan fingerprint density at radius 3 is 2.12 bits per heavy atom. The van der Waals surface area contributed by atoms with Crippen molar-refractivity contribution in [1.29, 1.82) is 0 Å². The monoisotopic (exact) mass is 460 g/mol. The second-order valence-electron chi connectivity index (χ2n) is 11.0. The van der Waals surface area contributed by atoms with Crippen LogP contribution in [0.5, 0.6) is 0 Å². The van der Waals surface area contributed by atoms with Gasteiger partial charge in [0.25, 0.3) is 0 Å². The van der Waals surface area contributed by atoms with Gasteiger partial charge in [0.05, 0.1) is 0 Å². The van der Waals surface area contributed by atoms with Crippen LogP contribution in [0.4, 0.5) is 4.79 Å². The van der Waals surface area contributed by atoms with Crippen LogP contribution in [0.3, 0.4) is 0 Å². The zero-order valence-corrected chi connectivity index (χ0v) is 20.9. The molecule has 1 aromatic rings. The maximum absolute atomic E-state index is 13.3. The quantitative estimate of drug-likeness (QED) is 0.547. The molecule has 0 radical (unpaired) electrons. The van der Waals surface area contributed by atoms with Gasteiger partial charge in [0, 0.05) is 0 Å². The molecule has 2 amide bonds. The molecule has 7 heteroatoms. The second kappa shape index (κ2) is 11.5. The van der Waals surface area contributed by atoms with E-state index in [1.54, 1.807) is 20.8 Å². The number of amides is 2. The van der Waals surface area contributed by atoms with Crippen molar-refractivity contribution in [3.63, 3.8) is 0 Å². The molecule has 1 aromatic carbocycles. The lowest BCUT2D eigenvalue weighted by Crippen LogP contribution is -2.57. The van der Waals surface area contributed by atoms with Gasteiger partial charge in [-0.25, -0.2) is 9.59 Å². The average molecular weight is 461 g/mol. The first kappa shape index (κ1) is 26.7. The molecule has 0 unspecified atom stereocenters. The Morgan fingerprint density at radius 1 is 0.970 bits per heavy atom. The van der Waals surface area contributed by atoms with Gasteiger partial charge in [0.2, 0.25) is 5.91 Å². The lowest BCUT2D eigenvalue weighted by molar-refractivity contribution is -0.150. The maximum atomic E-state index is 13.3. The summed E-state index contributed by atoms with van der Waals surface area (Å²) in [5.41, 5.74) is -0.391. The number of ether oxygens (including phenoxy) is 2. The van der Waals surface area contributed by atoms with E-state index in [-0.39, 0.29) is 6.61 Å². The largest absolute Gasteiger partial charge is 0.459 e. The summed E-state index contributed by atoms with van der Waals surface area (Å²) in [7, 11) is 0. The van der Waals surface area contributed by atoms with E-state index in [0.717, 1.165) is 31.2 Å². The molecule has 7 nitrogen and oxygen atoms in total. The van der Waals surface area contributed by atoms with Gasteiger partial charge in [-0.3, -0.25) is 4.79 Å². The van der Waals surface area contributed by atoms with Crippen molar-refractivity contribution >= 4 is 18.0 Å². The SMILES string of the molecule is CC(C)(C)OC(=O)N[C@H](C(=O)N[C@@H](CC1CCCC1)C(=O)OCc1ccccc1)C(C)(C)C. The van der Waals surface area contributed by atoms with Crippen molar-refractivity contribution in [1.82, 2.24) is 10.6 Å². The third kappa shape index (κ3) is 9.44. The number of benzene rings is 1. The molecule has 1 aliphatic carbocycles. The molecule has 1 saturated carbocycles. The normalized spacial score (nSPS) is 16.5. The number of alkyl carbamates (subject to hydrolysis) is 1. The minimum atomic E-state index is -0.875. The summed E-state index contributed by atoms with van der Waals surface area (Å²) in [4.78, 5) is 38.6. The van der Waals surface area contributed by atoms with E-state index in [1.807, 2.05) is 51.1 Å². The number of carbonyl (C=O) groups is 3. The molecule has 0 spiro atoms. The highest BCUT2D eigenvalue weighted by atomic mass is 16.6. The molecule has 0 saturated heterocycles. The predicted octanol–water partition coefficient (Wildman–Crippen LogP) is 4.73. The predicted molar refractivity (Wildman–Crippen MR) is 127 cm³/mol. The highest BCUT2D eigenvalue weighted by molar-refractivity contribution is 5.90. The Morgan fingerprint density at radius 2 is 1.58 bits per heavy atom. The molecule has 0 aliphatic heterocycles. The third-order valence-corrected chi connectivity index (χ3v) is 5.66. The Balaban J connectivity index is 2.10. The third-order valence-electron chi connectivity index (χ3n) is 5.66. The summed E-state index contributed by atoms with van der Waals surface area (Å²) < 4.78 is 10.9. The molecule has 1 fully saturated rings. The van der Waals surface area contributed by atoms with Crippen LogP contribution in [-0.2, 0) is 25.7 Å². The van der Waals surface area contributed by atoms with Gasteiger partial charge in [-0.05, 0) is 44.1 Å². The molecule has 33 heavy (non-hydrogen) atoms. The van der Waals surface area contributed by atoms with Crippen LogP contribution in [0.25, 0.3) is 0 Å². The highest BCUT2D eigenvalue weighted by Gasteiger charge is 2.37. The van der Waals surface area contributed by atoms with Gasteiger partial charge in [-0.15, -0.1) is 0 Å². The van der Waals surface area contributed by atoms with Crippen molar-refractivity contribution in [2.24, 2.45) is 11.3 Å². The summed E-state index contributed by atoms with van der Waals surface area (Å²) in [6, 6.07) is 7.80. The molecular formula is C26H40N2O5. The fourth-order valence-corrected chi connectivity index (χ4v) is 3.98. The van der Waals surface area contributed by atoms with Gasteiger partial charge in [0.15, 0.2) is 0 Å². The minimum Gasteiger partial charge on any atom is -0.459 e. The van der Waals surface area contributed by atoms with Crippen molar-refractivity contribution < 1.29 is 23.9 Å². The summed E-state index contributed by atoms with van der Waals surface area (Å²) in [6.07, 6.45) is 4.21. The van der Waals surface area contributed by atoms with Gasteiger partial charge >= 0.3 is 12.1 Å². The van der Waals surface area contributed by atoms with Crippen molar-refractivity contribution in [2.45, 2.75) is 97.9 Å². The van der Waals surface area contributed by atoms with Crippen molar-refractivity contribution in [3.05, 3.63) is 35.9 Å². The topological polar surface area (TPSA) is 93.7 Å². The van der Waals surface area contributed by atoms with Gasteiger partial charge in [-0.2, -0.15) is 0 Å². The number of carbonyl (C=O) groups excluding carboxylic acids is 3. The first-order valence-corrected chi connectivity index (χ1v) is 11.9. The number of esters is 1. The van der Waals surface area contributed by atoms with Crippen LogP contribution in [0, 0.1) is 11.3 Å². The lowest BCUT2D eigenvalue weighted by atomic mass is 9.86. The molecule has 0 heterocycles. The van der Waals surface area contributed by atoms with E-state index in [2.05, 4.69) is 10.6 Å². The Bertz CT molecular complexity index is 789. The summed E-state index contributed by atoms with van der Waals surface area (Å²) in [5, 5.41) is 5.55. The van der Waals surface area contributed by atoms with Crippen LogP contribution >= 0.6 is 0 Å². The smallest absolute Gasteiger partial charge is 0.408 e. The van der Waals surface area contributed by atoms with Crippen LogP contribution in [-0.4, -0.2) is 35.7 Å². The van der Waals surface area contributed by atoms with Crippen molar-refractivity contribution in [3.8, 4) is 0 Å². The minimum absolute atomic E-state index is 0.148. The van der Waals surface area contributed by atoms with E-state index < -0.39 is 41.1 Å². The fraction of sp³-hybridized carbons (Fsp3) is 0.654. The fourth-order valence-electron chi connectivity index (χ4n) is 3.98. The molecule has 184 valence electrons. The zero-order valence-electron chi connectivity index (χ0n) is 20.9. The van der Waals surface area contributed by atoms with E-state index in [9.17, 15) is 14.4 Å². The van der Waals surface area contributed by atoms with Crippen molar-refractivity contribution in [2.75, 3.05) is 0 Å². The van der Waals surface area contributed by atoms with Gasteiger partial charge in [-0.1, -0.05) is 76.8 Å². The standard InChI is InChI=1S/C26H40N2O5/c1-25(2,3)21(28-24(31)33-26(4,5)6)22(29)27-20(16-18-12-10-11-13-18)23(30)32-17-19-14-8-7-9-15-19/h7-9,14-15,18,20-21H,10-13,16-17H2,1-6H3,(H,27,29)(H,28,31)/t20-,21+/m0/s1. The summed E-state index contributed by atoms with van der Waals surface area (Å²) >= 11 is 0.